The number of alkyl halides is 4. The van der Waals surface area contributed by atoms with E-state index in [1.54, 1.807) is 6.07 Å². The quantitative estimate of drug-likeness (QED) is 0.479. The van der Waals surface area contributed by atoms with E-state index in [1.807, 2.05) is 0 Å². The topological polar surface area (TPSA) is 0 Å². The average molecular weight is 341 g/mol. The Morgan fingerprint density at radius 3 is 2.61 bits per heavy atom. The molecule has 1 unspecified atom stereocenters. The molecule has 0 N–H and O–H groups in total. The van der Waals surface area contributed by atoms with Gasteiger partial charge in [0.2, 0.25) is 0 Å². The van der Waals surface area contributed by atoms with Gasteiger partial charge in [-0.2, -0.15) is 13.2 Å². The maximum atomic E-state index is 12.5. The molecule has 1 aromatic carbocycles. The minimum atomic E-state index is -4.26. The molecule has 0 saturated heterocycles. The smallest absolute Gasteiger partial charge is 0.166 e. The molecule has 1 atom stereocenters. The molecule has 0 aliphatic rings. The summed E-state index contributed by atoms with van der Waals surface area (Å²) in [4.78, 5) is 0.687. The van der Waals surface area contributed by atoms with Crippen LogP contribution < -0.4 is 0 Å². The zero-order valence-corrected chi connectivity index (χ0v) is 12.5. The van der Waals surface area contributed by atoms with Crippen molar-refractivity contribution in [2.45, 2.75) is 30.8 Å². The number of hydrogen-bond acceptors (Lipinski definition) is 1. The minimum Gasteiger partial charge on any atom is -0.166 e. The first kappa shape index (κ1) is 15.9. The number of benzene rings is 1. The highest BCUT2D eigenvalue weighted by Gasteiger charge is 2.30. The van der Waals surface area contributed by atoms with Crippen LogP contribution in [0.5, 0.6) is 0 Å². The second kappa shape index (κ2) is 7.43. The largest absolute Gasteiger partial charge is 0.416 e. The van der Waals surface area contributed by atoms with Crippen LogP contribution in [0, 0.1) is 5.92 Å². The van der Waals surface area contributed by atoms with Gasteiger partial charge in [0, 0.05) is 16.0 Å². The van der Waals surface area contributed by atoms with Gasteiger partial charge in [0.05, 0.1) is 5.56 Å². The van der Waals surface area contributed by atoms with Gasteiger partial charge in [-0.05, 0) is 30.5 Å². The van der Waals surface area contributed by atoms with Crippen LogP contribution in [0.2, 0.25) is 0 Å². The summed E-state index contributed by atoms with van der Waals surface area (Å²) in [5.74, 6) is 1.36. The van der Waals surface area contributed by atoms with Crippen molar-refractivity contribution in [3.05, 3.63) is 29.8 Å². The van der Waals surface area contributed by atoms with Crippen LogP contribution in [0.3, 0.4) is 0 Å². The summed E-state index contributed by atoms with van der Waals surface area (Å²) < 4.78 is 37.6. The third kappa shape index (κ3) is 5.22. The lowest BCUT2D eigenvalue weighted by Crippen LogP contribution is -2.06. The maximum Gasteiger partial charge on any atom is 0.416 e. The van der Waals surface area contributed by atoms with Gasteiger partial charge in [-0.25, -0.2) is 0 Å². The summed E-state index contributed by atoms with van der Waals surface area (Å²) in [6.07, 6.45) is -2.06. The summed E-state index contributed by atoms with van der Waals surface area (Å²) in [5, 5.41) is 0.896. The number of hydrogen-bond donors (Lipinski definition) is 0. The molecule has 0 amide bonds. The molecule has 0 aromatic heterocycles. The molecule has 18 heavy (non-hydrogen) atoms. The van der Waals surface area contributed by atoms with Crippen molar-refractivity contribution in [2.75, 3.05) is 11.1 Å². The Hall–Kier alpha value is -0.160. The molecule has 5 heteroatoms. The van der Waals surface area contributed by atoms with E-state index >= 15 is 0 Å². The van der Waals surface area contributed by atoms with Gasteiger partial charge in [0.15, 0.2) is 0 Å². The first-order chi connectivity index (χ1) is 8.47. The first-order valence-corrected chi connectivity index (χ1v) is 7.94. The fraction of sp³-hybridized carbons (Fsp3) is 0.538. The van der Waals surface area contributed by atoms with Crippen molar-refractivity contribution in [1.82, 2.24) is 0 Å². The molecule has 102 valence electrons. The lowest BCUT2D eigenvalue weighted by molar-refractivity contribution is -0.137. The van der Waals surface area contributed by atoms with E-state index in [2.05, 4.69) is 22.9 Å². The highest BCUT2D eigenvalue weighted by molar-refractivity contribution is 9.09. The van der Waals surface area contributed by atoms with E-state index in [1.165, 1.54) is 23.9 Å². The summed E-state index contributed by atoms with van der Waals surface area (Å²) in [7, 11) is 0. The fourth-order valence-electron chi connectivity index (χ4n) is 1.59. The molecule has 0 spiro atoms. The predicted molar refractivity (Wildman–Crippen MR) is 74.4 cm³/mol. The summed E-state index contributed by atoms with van der Waals surface area (Å²) in [5.41, 5.74) is -0.571. The van der Waals surface area contributed by atoms with Crippen molar-refractivity contribution in [2.24, 2.45) is 5.92 Å². The Bertz CT molecular complexity index is 365. The average Bonchev–Trinajstić information content (AvgIpc) is 2.34. The van der Waals surface area contributed by atoms with Crippen molar-refractivity contribution >= 4 is 27.7 Å². The van der Waals surface area contributed by atoms with Crippen molar-refractivity contribution in [1.29, 1.82) is 0 Å². The lowest BCUT2D eigenvalue weighted by Gasteiger charge is -2.13. The molecule has 0 heterocycles. The van der Waals surface area contributed by atoms with Gasteiger partial charge in [-0.15, -0.1) is 11.8 Å². The molecule has 0 aliphatic heterocycles. The Morgan fingerprint density at radius 1 is 1.33 bits per heavy atom. The van der Waals surface area contributed by atoms with Crippen LogP contribution in [0.1, 0.15) is 25.3 Å². The highest BCUT2D eigenvalue weighted by atomic mass is 79.9. The van der Waals surface area contributed by atoms with Gasteiger partial charge < -0.3 is 0 Å². The van der Waals surface area contributed by atoms with Gasteiger partial charge in [-0.1, -0.05) is 35.3 Å². The SMILES string of the molecule is CCCC(CBr)CSc1cccc(C(F)(F)F)c1. The second-order valence-electron chi connectivity index (χ2n) is 4.15. The molecule has 0 fully saturated rings. The first-order valence-electron chi connectivity index (χ1n) is 5.83. The van der Waals surface area contributed by atoms with E-state index in [4.69, 9.17) is 0 Å². The minimum absolute atomic E-state index is 0.509. The molecular weight excluding hydrogens is 325 g/mol. The molecule has 0 nitrogen and oxygen atoms in total. The van der Waals surface area contributed by atoms with Crippen LogP contribution in [-0.2, 0) is 6.18 Å². The normalized spacial score (nSPS) is 13.6. The van der Waals surface area contributed by atoms with E-state index < -0.39 is 11.7 Å². The summed E-state index contributed by atoms with van der Waals surface area (Å²) in [6, 6.07) is 5.53. The summed E-state index contributed by atoms with van der Waals surface area (Å²) >= 11 is 4.94. The number of rotatable bonds is 6. The summed E-state index contributed by atoms with van der Waals surface area (Å²) in [6.45, 7) is 2.12. The predicted octanol–water partition coefficient (Wildman–Crippen LogP) is 5.61. The lowest BCUT2D eigenvalue weighted by atomic mass is 10.1. The molecule has 1 rings (SSSR count). The van der Waals surface area contributed by atoms with Crippen LogP contribution >= 0.6 is 27.7 Å². The standard InChI is InChI=1S/C13H16BrF3S/c1-2-4-10(8-14)9-18-12-6-3-5-11(7-12)13(15,16)17/h3,5-7,10H,2,4,8-9H2,1H3. The Balaban J connectivity index is 2.62. The van der Waals surface area contributed by atoms with E-state index in [0.29, 0.717) is 10.8 Å². The Labute approximate surface area is 118 Å². The molecule has 1 aromatic rings. The molecule has 0 aliphatic carbocycles. The molecular formula is C13H16BrF3S. The van der Waals surface area contributed by atoms with Crippen LogP contribution in [0.4, 0.5) is 13.2 Å². The van der Waals surface area contributed by atoms with Gasteiger partial charge in [-0.3, -0.25) is 0 Å². The van der Waals surface area contributed by atoms with Crippen molar-refractivity contribution < 1.29 is 13.2 Å². The molecule has 0 radical (unpaired) electrons. The third-order valence-corrected chi connectivity index (χ3v) is 4.70. The van der Waals surface area contributed by atoms with Gasteiger partial charge >= 0.3 is 6.18 Å². The zero-order chi connectivity index (χ0) is 13.6. The van der Waals surface area contributed by atoms with Crippen LogP contribution in [0.15, 0.2) is 29.2 Å². The maximum absolute atomic E-state index is 12.5. The van der Waals surface area contributed by atoms with Crippen molar-refractivity contribution in [3.8, 4) is 0 Å². The second-order valence-corrected chi connectivity index (χ2v) is 5.89. The van der Waals surface area contributed by atoms with E-state index in [0.717, 1.165) is 30.0 Å². The Kier molecular flexibility index (Phi) is 6.57. The number of thioether (sulfide) groups is 1. The highest BCUT2D eigenvalue weighted by Crippen LogP contribution is 2.32. The monoisotopic (exact) mass is 340 g/mol. The van der Waals surface area contributed by atoms with Crippen LogP contribution in [-0.4, -0.2) is 11.1 Å². The van der Waals surface area contributed by atoms with Gasteiger partial charge in [0.25, 0.3) is 0 Å². The number of halogens is 4. The van der Waals surface area contributed by atoms with Crippen molar-refractivity contribution in [3.63, 3.8) is 0 Å². The van der Waals surface area contributed by atoms with Gasteiger partial charge in [0.1, 0.15) is 0 Å². The zero-order valence-electron chi connectivity index (χ0n) is 10.1. The van der Waals surface area contributed by atoms with E-state index in [9.17, 15) is 13.2 Å². The van der Waals surface area contributed by atoms with E-state index in [-0.39, 0.29) is 0 Å². The third-order valence-electron chi connectivity index (χ3n) is 2.56. The van der Waals surface area contributed by atoms with Crippen LogP contribution in [0.25, 0.3) is 0 Å². The molecule has 0 saturated carbocycles. The Morgan fingerprint density at radius 2 is 2.06 bits per heavy atom. The molecule has 0 bridgehead atoms. The fourth-order valence-corrected chi connectivity index (χ4v) is 3.54.